The van der Waals surface area contributed by atoms with E-state index >= 15 is 0 Å². The summed E-state index contributed by atoms with van der Waals surface area (Å²) in [6.07, 6.45) is 2.00. The van der Waals surface area contributed by atoms with Crippen molar-refractivity contribution in [1.82, 2.24) is 0 Å². The standard InChI is InChI=1S/C23H30O6/c1-5-7-16-9-15(14-24)10-17(8-6-2)21(16)29-22(23(25)26)18-11-19(27-3)13-20(12-18)28-4/h9-13,22,24H,5-8,14H2,1-4H3,(H,25,26). The van der Waals surface area contributed by atoms with Gasteiger partial charge in [0.1, 0.15) is 17.2 Å². The number of benzene rings is 2. The molecular weight excluding hydrogens is 372 g/mol. The van der Waals surface area contributed by atoms with Crippen LogP contribution in [0.5, 0.6) is 17.2 Å². The highest BCUT2D eigenvalue weighted by Crippen LogP contribution is 2.35. The van der Waals surface area contributed by atoms with Gasteiger partial charge in [-0.05, 0) is 53.8 Å². The molecule has 29 heavy (non-hydrogen) atoms. The summed E-state index contributed by atoms with van der Waals surface area (Å²) in [6.45, 7) is 4.04. The van der Waals surface area contributed by atoms with E-state index in [4.69, 9.17) is 14.2 Å². The van der Waals surface area contributed by atoms with Crippen LogP contribution in [0.2, 0.25) is 0 Å². The van der Waals surface area contributed by atoms with E-state index in [1.54, 1.807) is 18.2 Å². The fourth-order valence-electron chi connectivity index (χ4n) is 3.34. The van der Waals surface area contributed by atoms with Gasteiger partial charge in [-0.15, -0.1) is 0 Å². The minimum atomic E-state index is -1.22. The molecule has 0 fully saturated rings. The van der Waals surface area contributed by atoms with Crippen molar-refractivity contribution in [2.24, 2.45) is 0 Å². The Morgan fingerprint density at radius 2 is 1.45 bits per heavy atom. The Balaban J connectivity index is 2.56. The van der Waals surface area contributed by atoms with Gasteiger partial charge in [0.05, 0.1) is 20.8 Å². The molecule has 158 valence electrons. The molecule has 0 bridgehead atoms. The molecule has 0 heterocycles. The Morgan fingerprint density at radius 3 is 1.83 bits per heavy atom. The van der Waals surface area contributed by atoms with Gasteiger partial charge in [-0.3, -0.25) is 0 Å². The maximum Gasteiger partial charge on any atom is 0.349 e. The Bertz CT molecular complexity index is 781. The number of aryl methyl sites for hydroxylation is 2. The second kappa shape index (κ2) is 10.7. The molecular formula is C23H30O6. The van der Waals surface area contributed by atoms with Crippen molar-refractivity contribution in [3.63, 3.8) is 0 Å². The maximum atomic E-state index is 12.1. The zero-order chi connectivity index (χ0) is 21.4. The van der Waals surface area contributed by atoms with Gasteiger partial charge in [-0.1, -0.05) is 26.7 Å². The van der Waals surface area contributed by atoms with E-state index in [0.717, 1.165) is 42.4 Å². The average Bonchev–Trinajstić information content (AvgIpc) is 2.72. The van der Waals surface area contributed by atoms with Crippen molar-refractivity contribution in [2.75, 3.05) is 14.2 Å². The van der Waals surface area contributed by atoms with Gasteiger partial charge in [0.25, 0.3) is 0 Å². The summed E-state index contributed by atoms with van der Waals surface area (Å²) < 4.78 is 16.7. The molecule has 0 spiro atoms. The normalized spacial score (nSPS) is 11.8. The molecule has 0 amide bonds. The van der Waals surface area contributed by atoms with Crippen LogP contribution >= 0.6 is 0 Å². The first-order valence-electron chi connectivity index (χ1n) is 9.85. The molecule has 1 unspecified atom stereocenters. The fourth-order valence-corrected chi connectivity index (χ4v) is 3.34. The van der Waals surface area contributed by atoms with Crippen LogP contribution in [-0.2, 0) is 24.2 Å². The molecule has 0 aliphatic carbocycles. The average molecular weight is 402 g/mol. The monoisotopic (exact) mass is 402 g/mol. The van der Waals surface area contributed by atoms with Crippen LogP contribution < -0.4 is 14.2 Å². The summed E-state index contributed by atoms with van der Waals surface area (Å²) in [5.41, 5.74) is 3.05. The second-order valence-corrected chi connectivity index (χ2v) is 6.88. The molecule has 0 saturated carbocycles. The molecule has 6 heteroatoms. The predicted octanol–water partition coefficient (Wildman–Crippen LogP) is 4.31. The molecule has 2 rings (SSSR count). The number of methoxy groups -OCH3 is 2. The third-order valence-corrected chi connectivity index (χ3v) is 4.66. The first-order valence-corrected chi connectivity index (χ1v) is 9.85. The van der Waals surface area contributed by atoms with Crippen molar-refractivity contribution in [1.29, 1.82) is 0 Å². The lowest BCUT2D eigenvalue weighted by molar-refractivity contribution is -0.145. The first kappa shape index (κ1) is 22.6. The van der Waals surface area contributed by atoms with Crippen molar-refractivity contribution in [3.8, 4) is 17.2 Å². The summed E-state index contributed by atoms with van der Waals surface area (Å²) >= 11 is 0. The minimum absolute atomic E-state index is 0.0663. The quantitative estimate of drug-likeness (QED) is 0.583. The summed E-state index contributed by atoms with van der Waals surface area (Å²) in [7, 11) is 3.03. The van der Waals surface area contributed by atoms with Gasteiger partial charge in [-0.2, -0.15) is 0 Å². The molecule has 2 aromatic rings. The lowest BCUT2D eigenvalue weighted by Crippen LogP contribution is -2.20. The SMILES string of the molecule is CCCc1cc(CO)cc(CCC)c1OC(C(=O)O)c1cc(OC)cc(OC)c1. The van der Waals surface area contributed by atoms with E-state index in [1.807, 2.05) is 12.1 Å². The Kier molecular flexibility index (Phi) is 8.34. The topological polar surface area (TPSA) is 85.2 Å². The minimum Gasteiger partial charge on any atom is -0.497 e. The third-order valence-electron chi connectivity index (χ3n) is 4.66. The summed E-state index contributed by atoms with van der Waals surface area (Å²) in [6, 6.07) is 8.75. The number of aliphatic hydroxyl groups excluding tert-OH is 1. The molecule has 0 radical (unpaired) electrons. The van der Waals surface area contributed by atoms with Gasteiger partial charge >= 0.3 is 5.97 Å². The molecule has 0 aliphatic rings. The van der Waals surface area contributed by atoms with Crippen LogP contribution in [0.15, 0.2) is 30.3 Å². The Morgan fingerprint density at radius 1 is 0.931 bits per heavy atom. The molecule has 6 nitrogen and oxygen atoms in total. The highest BCUT2D eigenvalue weighted by Gasteiger charge is 2.26. The highest BCUT2D eigenvalue weighted by molar-refractivity contribution is 5.75. The third kappa shape index (κ3) is 5.64. The zero-order valence-corrected chi connectivity index (χ0v) is 17.5. The lowest BCUT2D eigenvalue weighted by Gasteiger charge is -2.22. The predicted molar refractivity (Wildman–Crippen MR) is 111 cm³/mol. The van der Waals surface area contributed by atoms with Crippen molar-refractivity contribution in [3.05, 3.63) is 52.6 Å². The fraction of sp³-hybridized carbons (Fsp3) is 0.435. The number of hydrogen-bond donors (Lipinski definition) is 2. The summed E-state index contributed by atoms with van der Waals surface area (Å²) in [5.74, 6) is 0.469. The number of rotatable bonds is 11. The lowest BCUT2D eigenvalue weighted by atomic mass is 9.98. The summed E-state index contributed by atoms with van der Waals surface area (Å²) in [4.78, 5) is 12.1. The van der Waals surface area contributed by atoms with E-state index in [-0.39, 0.29) is 6.61 Å². The Hall–Kier alpha value is -2.73. The van der Waals surface area contributed by atoms with Crippen LogP contribution in [0.4, 0.5) is 0 Å². The van der Waals surface area contributed by atoms with Crippen molar-refractivity contribution >= 4 is 5.97 Å². The Labute approximate surface area is 172 Å². The van der Waals surface area contributed by atoms with Crippen LogP contribution in [0.3, 0.4) is 0 Å². The summed E-state index contributed by atoms with van der Waals surface area (Å²) in [5, 5.41) is 19.5. The molecule has 1 atom stereocenters. The van der Waals surface area contributed by atoms with E-state index in [0.29, 0.717) is 22.8 Å². The molecule has 2 aromatic carbocycles. The molecule has 0 aromatic heterocycles. The first-order chi connectivity index (χ1) is 14.0. The molecule has 0 aliphatic heterocycles. The van der Waals surface area contributed by atoms with Crippen LogP contribution in [0.25, 0.3) is 0 Å². The van der Waals surface area contributed by atoms with Gasteiger partial charge in [0.2, 0.25) is 6.10 Å². The van der Waals surface area contributed by atoms with Gasteiger partial charge in [0, 0.05) is 11.6 Å². The smallest absolute Gasteiger partial charge is 0.349 e. The van der Waals surface area contributed by atoms with E-state index < -0.39 is 12.1 Å². The van der Waals surface area contributed by atoms with E-state index in [9.17, 15) is 15.0 Å². The van der Waals surface area contributed by atoms with Crippen LogP contribution in [0, 0.1) is 0 Å². The number of carboxylic acids is 1. The largest absolute Gasteiger partial charge is 0.497 e. The number of carbonyl (C=O) groups is 1. The van der Waals surface area contributed by atoms with Gasteiger partial charge in [-0.25, -0.2) is 4.79 Å². The number of carboxylic acid groups (broad SMARTS) is 1. The van der Waals surface area contributed by atoms with Crippen molar-refractivity contribution < 1.29 is 29.2 Å². The van der Waals surface area contributed by atoms with Gasteiger partial charge in [0.15, 0.2) is 0 Å². The highest BCUT2D eigenvalue weighted by atomic mass is 16.5. The molecule has 0 saturated heterocycles. The molecule has 2 N–H and O–H groups in total. The maximum absolute atomic E-state index is 12.1. The zero-order valence-electron chi connectivity index (χ0n) is 17.5. The number of aliphatic carboxylic acids is 1. The van der Waals surface area contributed by atoms with E-state index in [1.165, 1.54) is 14.2 Å². The number of aliphatic hydroxyl groups is 1. The van der Waals surface area contributed by atoms with Gasteiger partial charge < -0.3 is 24.4 Å². The van der Waals surface area contributed by atoms with Crippen LogP contribution in [-0.4, -0.2) is 30.4 Å². The van der Waals surface area contributed by atoms with E-state index in [2.05, 4.69) is 13.8 Å². The number of hydrogen-bond acceptors (Lipinski definition) is 5. The second-order valence-electron chi connectivity index (χ2n) is 6.88. The van der Waals surface area contributed by atoms with Crippen molar-refractivity contribution in [2.45, 2.75) is 52.2 Å². The van der Waals surface area contributed by atoms with Crippen LogP contribution in [0.1, 0.15) is 55.0 Å². The number of ether oxygens (including phenoxy) is 3.